The Labute approximate surface area is 98.2 Å². The molecular weight excluding hydrogens is 222 g/mol. The zero-order valence-corrected chi connectivity index (χ0v) is 9.09. The van der Waals surface area contributed by atoms with Crippen molar-refractivity contribution in [2.75, 3.05) is 6.54 Å². The standard InChI is InChI=1S/C12H13NO4/c13-6-2-1-3-8-4-5-9(11(14)15)7-10(8)12(16)17/h1,3-5,7H,2,6,13H2,(H,14,15)(H,16,17). The summed E-state index contributed by atoms with van der Waals surface area (Å²) < 4.78 is 0. The lowest BCUT2D eigenvalue weighted by Gasteiger charge is -2.02. The highest BCUT2D eigenvalue weighted by molar-refractivity contribution is 5.96. The highest BCUT2D eigenvalue weighted by atomic mass is 16.4. The molecule has 0 aromatic heterocycles. The SMILES string of the molecule is NCCC=Cc1ccc(C(=O)O)cc1C(=O)O. The topological polar surface area (TPSA) is 101 Å². The number of carbonyl (C=O) groups is 2. The van der Waals surface area contributed by atoms with Crippen molar-refractivity contribution in [2.45, 2.75) is 6.42 Å². The Morgan fingerprint density at radius 3 is 2.47 bits per heavy atom. The van der Waals surface area contributed by atoms with E-state index in [0.717, 1.165) is 6.07 Å². The predicted molar refractivity (Wildman–Crippen MR) is 63.1 cm³/mol. The largest absolute Gasteiger partial charge is 0.478 e. The molecule has 0 radical (unpaired) electrons. The van der Waals surface area contributed by atoms with Gasteiger partial charge in [0.25, 0.3) is 0 Å². The van der Waals surface area contributed by atoms with Crippen LogP contribution in [0.25, 0.3) is 6.08 Å². The van der Waals surface area contributed by atoms with Crippen LogP contribution < -0.4 is 5.73 Å². The first-order valence-electron chi connectivity index (χ1n) is 5.03. The van der Waals surface area contributed by atoms with Gasteiger partial charge in [-0.1, -0.05) is 18.2 Å². The molecule has 0 saturated carbocycles. The van der Waals surface area contributed by atoms with Crippen LogP contribution in [0.1, 0.15) is 32.7 Å². The third-order valence-electron chi connectivity index (χ3n) is 2.16. The van der Waals surface area contributed by atoms with Gasteiger partial charge in [0.15, 0.2) is 0 Å². The molecule has 17 heavy (non-hydrogen) atoms. The summed E-state index contributed by atoms with van der Waals surface area (Å²) in [4.78, 5) is 21.7. The smallest absolute Gasteiger partial charge is 0.336 e. The molecule has 0 aliphatic rings. The van der Waals surface area contributed by atoms with E-state index in [-0.39, 0.29) is 11.1 Å². The van der Waals surface area contributed by atoms with Crippen LogP contribution in [0.3, 0.4) is 0 Å². The molecule has 0 heterocycles. The van der Waals surface area contributed by atoms with Crippen LogP contribution in [-0.2, 0) is 0 Å². The van der Waals surface area contributed by atoms with Crippen molar-refractivity contribution >= 4 is 18.0 Å². The average Bonchev–Trinajstić information content (AvgIpc) is 2.29. The Kier molecular flexibility index (Phi) is 4.42. The molecule has 0 bridgehead atoms. The first-order chi connectivity index (χ1) is 8.06. The maximum atomic E-state index is 11.0. The summed E-state index contributed by atoms with van der Waals surface area (Å²) in [6.07, 6.45) is 4.02. The second-order valence-electron chi connectivity index (χ2n) is 3.39. The fourth-order valence-electron chi connectivity index (χ4n) is 1.33. The predicted octanol–water partition coefficient (Wildman–Crippen LogP) is 1.45. The van der Waals surface area contributed by atoms with Gasteiger partial charge in [-0.05, 0) is 30.7 Å². The van der Waals surface area contributed by atoms with Crippen molar-refractivity contribution in [3.63, 3.8) is 0 Å². The summed E-state index contributed by atoms with van der Waals surface area (Å²) >= 11 is 0. The van der Waals surface area contributed by atoms with Crippen molar-refractivity contribution in [2.24, 2.45) is 5.73 Å². The van der Waals surface area contributed by atoms with E-state index < -0.39 is 11.9 Å². The monoisotopic (exact) mass is 235 g/mol. The van der Waals surface area contributed by atoms with E-state index in [2.05, 4.69) is 0 Å². The zero-order chi connectivity index (χ0) is 12.8. The zero-order valence-electron chi connectivity index (χ0n) is 9.09. The highest BCUT2D eigenvalue weighted by Gasteiger charge is 2.11. The van der Waals surface area contributed by atoms with E-state index in [1.54, 1.807) is 12.2 Å². The molecule has 1 rings (SSSR count). The quantitative estimate of drug-likeness (QED) is 0.717. The van der Waals surface area contributed by atoms with Crippen molar-refractivity contribution in [3.05, 3.63) is 41.0 Å². The van der Waals surface area contributed by atoms with Crippen molar-refractivity contribution in [1.82, 2.24) is 0 Å². The molecule has 0 spiro atoms. The van der Waals surface area contributed by atoms with E-state index in [4.69, 9.17) is 15.9 Å². The van der Waals surface area contributed by atoms with Crippen LogP contribution in [-0.4, -0.2) is 28.7 Å². The molecule has 0 aliphatic heterocycles. The van der Waals surface area contributed by atoms with Crippen LogP contribution >= 0.6 is 0 Å². The lowest BCUT2D eigenvalue weighted by atomic mass is 10.0. The summed E-state index contributed by atoms with van der Waals surface area (Å²) in [5, 5.41) is 17.7. The molecule has 0 saturated heterocycles. The molecule has 0 aliphatic carbocycles. The Morgan fingerprint density at radius 1 is 1.24 bits per heavy atom. The molecule has 90 valence electrons. The normalized spacial score (nSPS) is 10.6. The highest BCUT2D eigenvalue weighted by Crippen LogP contribution is 2.14. The Balaban J connectivity index is 3.13. The fraction of sp³-hybridized carbons (Fsp3) is 0.167. The van der Waals surface area contributed by atoms with E-state index in [9.17, 15) is 9.59 Å². The van der Waals surface area contributed by atoms with Crippen LogP contribution in [0, 0.1) is 0 Å². The van der Waals surface area contributed by atoms with Gasteiger partial charge >= 0.3 is 11.9 Å². The molecular formula is C12H13NO4. The number of nitrogens with two attached hydrogens (primary N) is 1. The summed E-state index contributed by atoms with van der Waals surface area (Å²) in [5.74, 6) is -2.30. The van der Waals surface area contributed by atoms with E-state index in [1.165, 1.54) is 12.1 Å². The number of benzene rings is 1. The summed E-state index contributed by atoms with van der Waals surface area (Å²) in [7, 11) is 0. The number of hydrogen-bond donors (Lipinski definition) is 3. The number of hydrogen-bond acceptors (Lipinski definition) is 3. The Bertz CT molecular complexity index is 466. The summed E-state index contributed by atoms with van der Waals surface area (Å²) in [6.45, 7) is 0.478. The third kappa shape index (κ3) is 3.42. The van der Waals surface area contributed by atoms with Crippen LogP contribution in [0.5, 0.6) is 0 Å². The van der Waals surface area contributed by atoms with Crippen molar-refractivity contribution in [3.8, 4) is 0 Å². The van der Waals surface area contributed by atoms with Gasteiger partial charge in [-0.2, -0.15) is 0 Å². The van der Waals surface area contributed by atoms with Crippen LogP contribution in [0.2, 0.25) is 0 Å². The van der Waals surface area contributed by atoms with Gasteiger partial charge in [-0.3, -0.25) is 0 Å². The lowest BCUT2D eigenvalue weighted by molar-refractivity contribution is 0.0695. The third-order valence-corrected chi connectivity index (χ3v) is 2.16. The molecule has 1 aromatic rings. The Morgan fingerprint density at radius 2 is 1.94 bits per heavy atom. The van der Waals surface area contributed by atoms with Crippen LogP contribution in [0.15, 0.2) is 24.3 Å². The molecule has 0 unspecified atom stereocenters. The minimum atomic E-state index is -1.15. The van der Waals surface area contributed by atoms with Gasteiger partial charge < -0.3 is 15.9 Å². The van der Waals surface area contributed by atoms with Gasteiger partial charge in [0.1, 0.15) is 0 Å². The fourth-order valence-corrected chi connectivity index (χ4v) is 1.33. The molecule has 4 N–H and O–H groups in total. The maximum absolute atomic E-state index is 11.0. The minimum absolute atomic E-state index is 0.0295. The molecule has 0 amide bonds. The van der Waals surface area contributed by atoms with E-state index in [1.807, 2.05) is 0 Å². The number of carboxylic acid groups (broad SMARTS) is 2. The summed E-state index contributed by atoms with van der Waals surface area (Å²) in [5.41, 5.74) is 5.70. The second kappa shape index (κ2) is 5.81. The van der Waals surface area contributed by atoms with Gasteiger partial charge in [0.05, 0.1) is 11.1 Å². The first-order valence-corrected chi connectivity index (χ1v) is 5.03. The van der Waals surface area contributed by atoms with Gasteiger partial charge in [-0.25, -0.2) is 9.59 Å². The number of aromatic carboxylic acids is 2. The summed E-state index contributed by atoms with van der Waals surface area (Å²) in [6, 6.07) is 3.99. The second-order valence-corrected chi connectivity index (χ2v) is 3.39. The van der Waals surface area contributed by atoms with E-state index in [0.29, 0.717) is 18.5 Å². The molecule has 0 fully saturated rings. The number of carboxylic acids is 2. The van der Waals surface area contributed by atoms with Crippen molar-refractivity contribution in [1.29, 1.82) is 0 Å². The minimum Gasteiger partial charge on any atom is -0.478 e. The van der Waals surface area contributed by atoms with Gasteiger partial charge in [0.2, 0.25) is 0 Å². The number of rotatable bonds is 5. The first kappa shape index (κ1) is 12.9. The molecule has 1 aromatic carbocycles. The molecule has 5 heteroatoms. The molecule has 0 atom stereocenters. The van der Waals surface area contributed by atoms with Crippen LogP contribution in [0.4, 0.5) is 0 Å². The van der Waals surface area contributed by atoms with Gasteiger partial charge in [0, 0.05) is 0 Å². The lowest BCUT2D eigenvalue weighted by Crippen LogP contribution is -2.04. The average molecular weight is 235 g/mol. The van der Waals surface area contributed by atoms with E-state index >= 15 is 0 Å². The Hall–Kier alpha value is -2.14. The molecule has 5 nitrogen and oxygen atoms in total. The van der Waals surface area contributed by atoms with Crippen molar-refractivity contribution < 1.29 is 19.8 Å². The maximum Gasteiger partial charge on any atom is 0.336 e. The van der Waals surface area contributed by atoms with Gasteiger partial charge in [-0.15, -0.1) is 0 Å².